The minimum absolute atomic E-state index is 0.00692. The molecule has 0 aliphatic carbocycles. The highest BCUT2D eigenvalue weighted by atomic mass is 32.1. The van der Waals surface area contributed by atoms with Gasteiger partial charge < -0.3 is 4.74 Å². The fourth-order valence-electron chi connectivity index (χ4n) is 4.22. The molecule has 1 aliphatic heterocycles. The van der Waals surface area contributed by atoms with Crippen molar-refractivity contribution < 1.29 is 4.74 Å². The van der Waals surface area contributed by atoms with Gasteiger partial charge in [0, 0.05) is 22.8 Å². The third kappa shape index (κ3) is 4.17. The van der Waals surface area contributed by atoms with Gasteiger partial charge in [0.25, 0.3) is 0 Å². The first-order valence-electron chi connectivity index (χ1n) is 10.6. The minimum atomic E-state index is -0.100. The Bertz CT molecular complexity index is 1070. The van der Waals surface area contributed by atoms with Crippen LogP contribution >= 0.6 is 11.3 Å². The van der Waals surface area contributed by atoms with E-state index in [2.05, 4.69) is 88.0 Å². The molecule has 1 saturated heterocycles. The summed E-state index contributed by atoms with van der Waals surface area (Å²) in [7, 11) is 0. The average Bonchev–Trinajstić information content (AvgIpc) is 3.46. The third-order valence-corrected chi connectivity index (χ3v) is 6.73. The molecule has 31 heavy (non-hydrogen) atoms. The first-order chi connectivity index (χ1) is 15.3. The maximum absolute atomic E-state index is 5.63. The number of ether oxygens (including phenoxy) is 1. The number of nitrogens with zero attached hydrogens (tertiary/aromatic N) is 5. The summed E-state index contributed by atoms with van der Waals surface area (Å²) in [5.74, 6) is 0.862. The van der Waals surface area contributed by atoms with Crippen molar-refractivity contribution in [3.63, 3.8) is 0 Å². The van der Waals surface area contributed by atoms with Gasteiger partial charge in [-0.25, -0.2) is 4.68 Å². The summed E-state index contributed by atoms with van der Waals surface area (Å²) in [6, 6.07) is 25.2. The second kappa shape index (κ2) is 9.09. The van der Waals surface area contributed by atoms with Crippen LogP contribution in [0.15, 0.2) is 72.8 Å². The van der Waals surface area contributed by atoms with Crippen molar-refractivity contribution in [2.24, 2.45) is 0 Å². The fraction of sp³-hybridized carbons (Fsp3) is 0.292. The summed E-state index contributed by atoms with van der Waals surface area (Å²) < 4.78 is 7.63. The molecule has 0 amide bonds. The minimum Gasteiger partial charge on any atom is -0.379 e. The molecule has 0 radical (unpaired) electrons. The molecule has 158 valence electrons. The zero-order valence-electron chi connectivity index (χ0n) is 17.5. The van der Waals surface area contributed by atoms with Crippen molar-refractivity contribution in [1.82, 2.24) is 25.1 Å². The smallest absolute Gasteiger partial charge is 0.174 e. The van der Waals surface area contributed by atoms with Gasteiger partial charge in [-0.05, 0) is 40.6 Å². The molecular formula is C24H25N5OS. The van der Waals surface area contributed by atoms with Gasteiger partial charge in [-0.1, -0.05) is 60.7 Å². The normalized spacial score (nSPS) is 15.9. The number of thiophene rings is 1. The Morgan fingerprint density at radius 1 is 0.839 bits per heavy atom. The van der Waals surface area contributed by atoms with E-state index in [1.54, 1.807) is 0 Å². The fourth-order valence-corrected chi connectivity index (χ4v) is 5.23. The van der Waals surface area contributed by atoms with Crippen LogP contribution in [0.3, 0.4) is 0 Å². The molecule has 2 aromatic heterocycles. The van der Waals surface area contributed by atoms with Gasteiger partial charge in [0.15, 0.2) is 5.82 Å². The van der Waals surface area contributed by atoms with Gasteiger partial charge >= 0.3 is 0 Å². The Labute approximate surface area is 186 Å². The second-order valence-corrected chi connectivity index (χ2v) is 9.02. The van der Waals surface area contributed by atoms with E-state index in [9.17, 15) is 0 Å². The largest absolute Gasteiger partial charge is 0.379 e. The summed E-state index contributed by atoms with van der Waals surface area (Å²) in [4.78, 5) is 4.98. The van der Waals surface area contributed by atoms with Crippen LogP contribution in [0.2, 0.25) is 0 Å². The molecule has 5 rings (SSSR count). The van der Waals surface area contributed by atoms with Crippen LogP contribution in [0.25, 0.3) is 0 Å². The summed E-state index contributed by atoms with van der Waals surface area (Å²) >= 11 is 1.81. The highest BCUT2D eigenvalue weighted by Crippen LogP contribution is 2.35. The highest BCUT2D eigenvalue weighted by Gasteiger charge is 2.33. The lowest BCUT2D eigenvalue weighted by Crippen LogP contribution is -2.40. The molecule has 4 aromatic rings. The van der Waals surface area contributed by atoms with Gasteiger partial charge in [0.05, 0.1) is 13.2 Å². The van der Waals surface area contributed by atoms with Crippen molar-refractivity contribution in [1.29, 1.82) is 0 Å². The van der Waals surface area contributed by atoms with Crippen molar-refractivity contribution in [3.05, 3.63) is 99.5 Å². The molecular weight excluding hydrogens is 406 g/mol. The Balaban J connectivity index is 1.64. The lowest BCUT2D eigenvalue weighted by atomic mass is 9.98. The van der Waals surface area contributed by atoms with Crippen LogP contribution in [0, 0.1) is 6.92 Å². The summed E-state index contributed by atoms with van der Waals surface area (Å²) in [6.45, 7) is 5.31. The number of rotatable bonds is 6. The van der Waals surface area contributed by atoms with E-state index in [0.29, 0.717) is 0 Å². The predicted molar refractivity (Wildman–Crippen MR) is 121 cm³/mol. The summed E-state index contributed by atoms with van der Waals surface area (Å²) in [5, 5.41) is 13.2. The van der Waals surface area contributed by atoms with Crippen molar-refractivity contribution >= 4 is 11.3 Å². The van der Waals surface area contributed by atoms with Crippen LogP contribution in [0.5, 0.6) is 0 Å². The van der Waals surface area contributed by atoms with Gasteiger partial charge in [0.2, 0.25) is 0 Å². The van der Waals surface area contributed by atoms with Crippen LogP contribution in [-0.2, 0) is 4.74 Å². The zero-order valence-corrected chi connectivity index (χ0v) is 18.3. The monoisotopic (exact) mass is 431 g/mol. The number of aryl methyl sites for hydroxylation is 1. The average molecular weight is 432 g/mol. The van der Waals surface area contributed by atoms with Crippen molar-refractivity contribution in [2.75, 3.05) is 26.3 Å². The molecule has 1 atom stereocenters. The molecule has 0 saturated carbocycles. The van der Waals surface area contributed by atoms with E-state index in [0.717, 1.165) is 43.3 Å². The van der Waals surface area contributed by atoms with E-state index < -0.39 is 0 Å². The van der Waals surface area contributed by atoms with Crippen LogP contribution < -0.4 is 0 Å². The second-order valence-electron chi connectivity index (χ2n) is 7.70. The van der Waals surface area contributed by atoms with Crippen LogP contribution in [-0.4, -0.2) is 51.4 Å². The van der Waals surface area contributed by atoms with E-state index in [4.69, 9.17) is 4.74 Å². The number of hydrogen-bond donors (Lipinski definition) is 0. The highest BCUT2D eigenvalue weighted by molar-refractivity contribution is 7.12. The van der Waals surface area contributed by atoms with Gasteiger partial charge in [-0.15, -0.1) is 16.4 Å². The van der Waals surface area contributed by atoms with Gasteiger partial charge in [-0.3, -0.25) is 4.90 Å². The number of tetrazole rings is 1. The number of morpholine rings is 1. The number of aromatic nitrogens is 4. The first-order valence-corrected chi connectivity index (χ1v) is 11.4. The predicted octanol–water partition coefficient (Wildman–Crippen LogP) is 4.10. The Kier molecular flexibility index (Phi) is 5.88. The summed E-state index contributed by atoms with van der Waals surface area (Å²) in [5.41, 5.74) is 2.32. The first kappa shape index (κ1) is 20.1. The molecule has 2 aromatic carbocycles. The third-order valence-electron chi connectivity index (χ3n) is 5.68. The van der Waals surface area contributed by atoms with Crippen LogP contribution in [0.1, 0.15) is 38.8 Å². The topological polar surface area (TPSA) is 56.1 Å². The van der Waals surface area contributed by atoms with Gasteiger partial charge in [-0.2, -0.15) is 0 Å². The van der Waals surface area contributed by atoms with Crippen molar-refractivity contribution in [3.8, 4) is 0 Å². The Morgan fingerprint density at radius 3 is 2.06 bits per heavy atom. The SMILES string of the molecule is Cc1ccc([C@H](c2nnnn2C(c2ccccc2)c2ccccc2)N2CCOCC2)s1. The molecule has 1 fully saturated rings. The molecule has 0 bridgehead atoms. The van der Waals surface area contributed by atoms with E-state index in [-0.39, 0.29) is 12.1 Å². The maximum Gasteiger partial charge on any atom is 0.174 e. The lowest BCUT2D eigenvalue weighted by Gasteiger charge is -2.34. The number of benzene rings is 2. The van der Waals surface area contributed by atoms with E-state index >= 15 is 0 Å². The molecule has 1 aliphatic rings. The molecule has 0 unspecified atom stereocenters. The number of hydrogen-bond acceptors (Lipinski definition) is 6. The standard InChI is InChI=1S/C24H25N5OS/c1-18-12-13-21(31-18)23(28-14-16-30-17-15-28)24-25-26-27-29(24)22(19-8-4-2-5-9-19)20-10-6-3-7-11-20/h2-13,22-23H,14-17H2,1H3/t23-/m1/s1. The lowest BCUT2D eigenvalue weighted by molar-refractivity contribution is 0.0222. The van der Waals surface area contributed by atoms with Gasteiger partial charge in [0.1, 0.15) is 12.1 Å². The molecule has 7 heteroatoms. The molecule has 6 nitrogen and oxygen atoms in total. The van der Waals surface area contributed by atoms with E-state index in [1.807, 2.05) is 28.2 Å². The van der Waals surface area contributed by atoms with Crippen molar-refractivity contribution in [2.45, 2.75) is 19.0 Å². The quantitative estimate of drug-likeness (QED) is 0.460. The maximum atomic E-state index is 5.63. The Morgan fingerprint density at radius 2 is 1.48 bits per heavy atom. The van der Waals surface area contributed by atoms with Crippen LogP contribution in [0.4, 0.5) is 0 Å². The summed E-state index contributed by atoms with van der Waals surface area (Å²) in [6.07, 6.45) is 0. The molecule has 3 heterocycles. The molecule has 0 N–H and O–H groups in total. The molecule has 0 spiro atoms. The van der Waals surface area contributed by atoms with E-state index in [1.165, 1.54) is 9.75 Å². The Hall–Kier alpha value is -2.87. The zero-order chi connectivity index (χ0) is 21.0.